The molecule has 1 aromatic heterocycles. The van der Waals surface area contributed by atoms with Gasteiger partial charge in [0.25, 0.3) is 0 Å². The van der Waals surface area contributed by atoms with Crippen LogP contribution in [0.1, 0.15) is 26.5 Å². The first-order chi connectivity index (χ1) is 6.41. The van der Waals surface area contributed by atoms with Crippen LogP contribution in [0.5, 0.6) is 0 Å². The number of furan rings is 1. The van der Waals surface area contributed by atoms with Gasteiger partial charge in [-0.2, -0.15) is 0 Å². The standard InChI is InChI=1S/C10H14ClNO2/c1-9(2)6-12-10(3,14-9)7-4-5-8(11)13-7/h4-5,12H,6H2,1-3H3. The largest absolute Gasteiger partial charge is 0.445 e. The molecule has 0 radical (unpaired) electrons. The van der Waals surface area contributed by atoms with Gasteiger partial charge in [0, 0.05) is 6.54 Å². The normalized spacial score (nSPS) is 30.9. The maximum atomic E-state index is 5.87. The summed E-state index contributed by atoms with van der Waals surface area (Å²) in [5.41, 5.74) is -0.731. The topological polar surface area (TPSA) is 34.4 Å². The van der Waals surface area contributed by atoms with Gasteiger partial charge in [0.2, 0.25) is 0 Å². The summed E-state index contributed by atoms with van der Waals surface area (Å²) in [5, 5.41) is 3.66. The van der Waals surface area contributed by atoms with E-state index in [9.17, 15) is 0 Å². The van der Waals surface area contributed by atoms with E-state index in [1.165, 1.54) is 0 Å². The van der Waals surface area contributed by atoms with Gasteiger partial charge >= 0.3 is 0 Å². The van der Waals surface area contributed by atoms with Crippen LogP contribution < -0.4 is 5.32 Å². The first kappa shape index (κ1) is 10.0. The molecule has 1 atom stereocenters. The van der Waals surface area contributed by atoms with E-state index in [1.807, 2.05) is 26.8 Å². The van der Waals surface area contributed by atoms with Gasteiger partial charge in [-0.05, 0) is 44.5 Å². The highest BCUT2D eigenvalue weighted by atomic mass is 35.5. The molecule has 1 fully saturated rings. The van der Waals surface area contributed by atoms with Crippen LogP contribution in [0.15, 0.2) is 16.5 Å². The molecule has 1 aliphatic rings. The number of ether oxygens (including phenoxy) is 1. The second-order valence-electron chi connectivity index (χ2n) is 4.35. The van der Waals surface area contributed by atoms with Crippen LogP contribution in [0, 0.1) is 0 Å². The second-order valence-corrected chi connectivity index (χ2v) is 4.72. The van der Waals surface area contributed by atoms with Crippen molar-refractivity contribution in [3.05, 3.63) is 23.1 Å². The zero-order chi connectivity index (χ0) is 10.4. The Kier molecular flexibility index (Phi) is 2.14. The molecule has 0 aliphatic carbocycles. The van der Waals surface area contributed by atoms with Crippen LogP contribution in [-0.4, -0.2) is 12.1 Å². The molecule has 0 aromatic carbocycles. The fourth-order valence-electron chi connectivity index (χ4n) is 1.71. The summed E-state index contributed by atoms with van der Waals surface area (Å²) in [7, 11) is 0. The zero-order valence-electron chi connectivity index (χ0n) is 8.56. The Bertz CT molecular complexity index is 348. The van der Waals surface area contributed by atoms with E-state index in [4.69, 9.17) is 20.8 Å². The van der Waals surface area contributed by atoms with Crippen LogP contribution in [0.2, 0.25) is 5.22 Å². The molecule has 2 rings (SSSR count). The summed E-state index contributed by atoms with van der Waals surface area (Å²) in [6.45, 7) is 6.81. The molecule has 1 aromatic rings. The molecule has 0 bridgehead atoms. The van der Waals surface area contributed by atoms with Crippen molar-refractivity contribution < 1.29 is 9.15 Å². The number of hydrogen-bond donors (Lipinski definition) is 1. The van der Waals surface area contributed by atoms with Gasteiger partial charge in [0.05, 0.1) is 5.60 Å². The van der Waals surface area contributed by atoms with E-state index in [1.54, 1.807) is 6.07 Å². The summed E-state index contributed by atoms with van der Waals surface area (Å²) >= 11 is 5.72. The lowest BCUT2D eigenvalue weighted by Crippen LogP contribution is -2.34. The first-order valence-electron chi connectivity index (χ1n) is 4.62. The molecule has 0 spiro atoms. The third kappa shape index (κ3) is 1.67. The third-order valence-electron chi connectivity index (χ3n) is 2.38. The number of nitrogens with one attached hydrogen (secondary N) is 1. The lowest BCUT2D eigenvalue weighted by Gasteiger charge is -2.24. The molecule has 1 aliphatic heterocycles. The maximum Gasteiger partial charge on any atom is 0.193 e. The van der Waals surface area contributed by atoms with Crippen LogP contribution >= 0.6 is 11.6 Å². The molecule has 1 unspecified atom stereocenters. The molecule has 2 heterocycles. The quantitative estimate of drug-likeness (QED) is 0.782. The molecular weight excluding hydrogens is 202 g/mol. The lowest BCUT2D eigenvalue weighted by atomic mass is 10.1. The summed E-state index contributed by atoms with van der Waals surface area (Å²) in [6.07, 6.45) is 0. The van der Waals surface area contributed by atoms with Crippen LogP contribution in [0.25, 0.3) is 0 Å². The minimum Gasteiger partial charge on any atom is -0.445 e. The number of halogens is 1. The van der Waals surface area contributed by atoms with Crippen molar-refractivity contribution in [2.24, 2.45) is 0 Å². The SMILES string of the molecule is CC1(C)CNC(C)(c2ccc(Cl)o2)O1. The Labute approximate surface area is 88.4 Å². The summed E-state index contributed by atoms with van der Waals surface area (Å²) in [5.74, 6) is 0.716. The molecule has 0 saturated carbocycles. The monoisotopic (exact) mass is 215 g/mol. The fraction of sp³-hybridized carbons (Fsp3) is 0.600. The maximum absolute atomic E-state index is 5.87. The average Bonchev–Trinajstić information content (AvgIpc) is 2.57. The predicted molar refractivity (Wildman–Crippen MR) is 54.2 cm³/mol. The summed E-state index contributed by atoms with van der Waals surface area (Å²) in [6, 6.07) is 3.55. The predicted octanol–water partition coefficient (Wildman–Crippen LogP) is 2.50. The Hall–Kier alpha value is -0.510. The van der Waals surface area contributed by atoms with Crippen molar-refractivity contribution in [3.8, 4) is 0 Å². The van der Waals surface area contributed by atoms with E-state index in [-0.39, 0.29) is 5.60 Å². The second kappa shape index (κ2) is 2.99. The summed E-state index contributed by atoms with van der Waals surface area (Å²) in [4.78, 5) is 0. The molecule has 4 heteroatoms. The molecule has 1 N–H and O–H groups in total. The van der Waals surface area contributed by atoms with Crippen molar-refractivity contribution in [3.63, 3.8) is 0 Å². The zero-order valence-corrected chi connectivity index (χ0v) is 9.31. The van der Waals surface area contributed by atoms with Crippen molar-refractivity contribution >= 4 is 11.6 Å². The van der Waals surface area contributed by atoms with Gasteiger partial charge in [0.15, 0.2) is 16.7 Å². The van der Waals surface area contributed by atoms with Crippen LogP contribution in [0.4, 0.5) is 0 Å². The van der Waals surface area contributed by atoms with Gasteiger partial charge in [0.1, 0.15) is 0 Å². The van der Waals surface area contributed by atoms with Crippen molar-refractivity contribution in [2.75, 3.05) is 6.54 Å². The van der Waals surface area contributed by atoms with Crippen molar-refractivity contribution in [1.82, 2.24) is 5.32 Å². The highest BCUT2D eigenvalue weighted by Crippen LogP contribution is 2.35. The van der Waals surface area contributed by atoms with Gasteiger partial charge in [-0.15, -0.1) is 0 Å². The fourth-order valence-corrected chi connectivity index (χ4v) is 1.86. The number of rotatable bonds is 1. The van der Waals surface area contributed by atoms with Gasteiger partial charge in [-0.3, -0.25) is 5.32 Å². The van der Waals surface area contributed by atoms with Gasteiger partial charge < -0.3 is 9.15 Å². The Morgan fingerprint density at radius 1 is 1.36 bits per heavy atom. The minimum atomic E-state index is -0.559. The van der Waals surface area contributed by atoms with E-state index in [2.05, 4.69) is 5.32 Å². The smallest absolute Gasteiger partial charge is 0.193 e. The van der Waals surface area contributed by atoms with E-state index >= 15 is 0 Å². The Morgan fingerprint density at radius 2 is 2.07 bits per heavy atom. The van der Waals surface area contributed by atoms with Crippen LogP contribution in [0.3, 0.4) is 0 Å². The van der Waals surface area contributed by atoms with E-state index in [0.29, 0.717) is 11.0 Å². The van der Waals surface area contributed by atoms with Gasteiger partial charge in [-0.1, -0.05) is 0 Å². The third-order valence-corrected chi connectivity index (χ3v) is 2.58. The Balaban J connectivity index is 2.27. The highest BCUT2D eigenvalue weighted by Gasteiger charge is 2.43. The molecule has 1 saturated heterocycles. The first-order valence-corrected chi connectivity index (χ1v) is 5.00. The van der Waals surface area contributed by atoms with E-state index < -0.39 is 5.72 Å². The van der Waals surface area contributed by atoms with Crippen LogP contribution in [-0.2, 0) is 10.5 Å². The minimum absolute atomic E-state index is 0.173. The lowest BCUT2D eigenvalue weighted by molar-refractivity contribution is -0.0948. The highest BCUT2D eigenvalue weighted by molar-refractivity contribution is 6.28. The molecule has 3 nitrogen and oxygen atoms in total. The molecule has 78 valence electrons. The van der Waals surface area contributed by atoms with Crippen molar-refractivity contribution in [1.29, 1.82) is 0 Å². The summed E-state index contributed by atoms with van der Waals surface area (Å²) < 4.78 is 11.2. The van der Waals surface area contributed by atoms with E-state index in [0.717, 1.165) is 6.54 Å². The number of hydrogen-bond acceptors (Lipinski definition) is 3. The molecule has 14 heavy (non-hydrogen) atoms. The van der Waals surface area contributed by atoms with Gasteiger partial charge in [-0.25, -0.2) is 0 Å². The molecule has 0 amide bonds. The molecular formula is C10H14ClNO2. The van der Waals surface area contributed by atoms with Crippen molar-refractivity contribution in [2.45, 2.75) is 32.1 Å². The average molecular weight is 216 g/mol. The Morgan fingerprint density at radius 3 is 2.50 bits per heavy atom.